The van der Waals surface area contributed by atoms with Gasteiger partial charge in [0.2, 0.25) is 11.8 Å². The maximum atomic E-state index is 12.6. The van der Waals surface area contributed by atoms with Crippen LogP contribution in [0.1, 0.15) is 73.1 Å². The van der Waals surface area contributed by atoms with Crippen molar-refractivity contribution in [2.45, 2.75) is 90.8 Å². The number of carbonyl (C=O) groups excluding carboxylic acids is 2. The zero-order valence-electron chi connectivity index (χ0n) is 13.7. The van der Waals surface area contributed by atoms with Crippen molar-refractivity contribution in [3.8, 4) is 0 Å². The largest absolute Gasteiger partial charge is 0.340 e. The summed E-state index contributed by atoms with van der Waals surface area (Å²) in [6.45, 7) is 9.80. The predicted molar refractivity (Wildman–Crippen MR) is 81.4 cm³/mol. The molecule has 0 aromatic heterocycles. The van der Waals surface area contributed by atoms with Gasteiger partial charge < -0.3 is 10.2 Å². The summed E-state index contributed by atoms with van der Waals surface area (Å²) >= 11 is 0. The summed E-state index contributed by atoms with van der Waals surface area (Å²) in [4.78, 5) is 26.6. The number of hydrogen-bond acceptors (Lipinski definition) is 2. The summed E-state index contributed by atoms with van der Waals surface area (Å²) in [5, 5.41) is 2.84. The molecular weight excluding hydrogens is 252 g/mol. The molecule has 2 atom stereocenters. The summed E-state index contributed by atoms with van der Waals surface area (Å²) < 4.78 is 0. The molecule has 116 valence electrons. The number of nitrogens with one attached hydrogen (secondary N) is 1. The molecule has 0 radical (unpaired) electrons. The van der Waals surface area contributed by atoms with Crippen LogP contribution in [0.4, 0.5) is 0 Å². The van der Waals surface area contributed by atoms with E-state index in [2.05, 4.69) is 19.2 Å². The first-order chi connectivity index (χ1) is 9.35. The molecule has 1 rings (SSSR count). The van der Waals surface area contributed by atoms with Crippen molar-refractivity contribution in [3.63, 3.8) is 0 Å². The number of amides is 2. The monoisotopic (exact) mass is 282 g/mol. The molecule has 4 heteroatoms. The molecule has 1 aliphatic heterocycles. The van der Waals surface area contributed by atoms with Crippen molar-refractivity contribution >= 4 is 11.8 Å². The van der Waals surface area contributed by atoms with E-state index in [4.69, 9.17) is 0 Å². The molecule has 0 aromatic carbocycles. The summed E-state index contributed by atoms with van der Waals surface area (Å²) in [6.07, 6.45) is 6.43. The van der Waals surface area contributed by atoms with Crippen molar-refractivity contribution in [3.05, 3.63) is 0 Å². The average Bonchev–Trinajstić information content (AvgIpc) is 2.37. The quantitative estimate of drug-likeness (QED) is 0.730. The van der Waals surface area contributed by atoms with E-state index in [-0.39, 0.29) is 23.9 Å². The molecule has 2 amide bonds. The predicted octanol–water partition coefficient (Wildman–Crippen LogP) is 2.86. The summed E-state index contributed by atoms with van der Waals surface area (Å²) in [6, 6.07) is -0.175. The van der Waals surface area contributed by atoms with E-state index in [9.17, 15) is 9.59 Å². The first-order valence-corrected chi connectivity index (χ1v) is 7.99. The molecule has 0 bridgehead atoms. The molecule has 0 spiro atoms. The van der Waals surface area contributed by atoms with E-state index < -0.39 is 5.54 Å². The van der Waals surface area contributed by atoms with E-state index in [1.165, 1.54) is 19.3 Å². The number of unbranched alkanes of at least 4 members (excludes halogenated alkanes) is 3. The second-order valence-electron chi connectivity index (χ2n) is 6.45. The van der Waals surface area contributed by atoms with E-state index in [1.54, 1.807) is 13.8 Å². The number of rotatable bonds is 7. The molecule has 1 N–H and O–H groups in total. The third kappa shape index (κ3) is 3.74. The third-order valence-corrected chi connectivity index (χ3v) is 4.18. The zero-order chi connectivity index (χ0) is 15.3. The van der Waals surface area contributed by atoms with Crippen LogP contribution in [0.25, 0.3) is 0 Å². The van der Waals surface area contributed by atoms with Gasteiger partial charge in [-0.15, -0.1) is 0 Å². The lowest BCUT2D eigenvalue weighted by Gasteiger charge is -2.45. The van der Waals surface area contributed by atoms with Crippen molar-refractivity contribution in [2.75, 3.05) is 0 Å². The Labute approximate surface area is 123 Å². The van der Waals surface area contributed by atoms with Crippen LogP contribution in [0, 0.1) is 0 Å². The van der Waals surface area contributed by atoms with Gasteiger partial charge in [0.1, 0.15) is 11.6 Å². The highest BCUT2D eigenvalue weighted by molar-refractivity contribution is 5.99. The van der Waals surface area contributed by atoms with Crippen LogP contribution in [-0.2, 0) is 9.59 Å². The van der Waals surface area contributed by atoms with Crippen LogP contribution in [0.15, 0.2) is 0 Å². The first kappa shape index (κ1) is 17.0. The van der Waals surface area contributed by atoms with E-state index in [0.29, 0.717) is 6.42 Å². The van der Waals surface area contributed by atoms with Gasteiger partial charge in [-0.05, 0) is 33.6 Å². The molecule has 1 saturated heterocycles. The molecule has 0 aliphatic carbocycles. The van der Waals surface area contributed by atoms with Gasteiger partial charge in [0, 0.05) is 6.04 Å². The van der Waals surface area contributed by atoms with Crippen LogP contribution < -0.4 is 5.32 Å². The van der Waals surface area contributed by atoms with Gasteiger partial charge in [0.05, 0.1) is 0 Å². The van der Waals surface area contributed by atoms with Gasteiger partial charge in [-0.25, -0.2) is 0 Å². The third-order valence-electron chi connectivity index (χ3n) is 4.18. The van der Waals surface area contributed by atoms with Crippen molar-refractivity contribution in [1.82, 2.24) is 10.2 Å². The Morgan fingerprint density at radius 1 is 1.20 bits per heavy atom. The van der Waals surface area contributed by atoms with Crippen molar-refractivity contribution in [1.29, 1.82) is 0 Å². The topological polar surface area (TPSA) is 49.4 Å². The molecule has 1 aliphatic rings. The first-order valence-electron chi connectivity index (χ1n) is 7.99. The Morgan fingerprint density at radius 2 is 1.85 bits per heavy atom. The molecule has 20 heavy (non-hydrogen) atoms. The van der Waals surface area contributed by atoms with Gasteiger partial charge in [-0.1, -0.05) is 39.5 Å². The van der Waals surface area contributed by atoms with Crippen LogP contribution in [-0.4, -0.2) is 34.3 Å². The minimum Gasteiger partial charge on any atom is -0.340 e. The minimum absolute atomic E-state index is 0.0162. The van der Waals surface area contributed by atoms with E-state index in [1.807, 2.05) is 11.8 Å². The Bertz CT molecular complexity index is 352. The SMILES string of the molecule is CCCCCCC(C)N1C(=O)C(C)(C)NC(=O)C1CC. The highest BCUT2D eigenvalue weighted by Gasteiger charge is 2.45. The van der Waals surface area contributed by atoms with Gasteiger partial charge in [0.15, 0.2) is 0 Å². The van der Waals surface area contributed by atoms with Gasteiger partial charge in [0.25, 0.3) is 0 Å². The van der Waals surface area contributed by atoms with Gasteiger partial charge >= 0.3 is 0 Å². The normalized spacial score (nSPS) is 23.6. The Morgan fingerprint density at radius 3 is 2.40 bits per heavy atom. The molecular formula is C16H30N2O2. The molecule has 4 nitrogen and oxygen atoms in total. The van der Waals surface area contributed by atoms with Crippen LogP contribution in [0.3, 0.4) is 0 Å². The molecule has 0 aromatic rings. The van der Waals surface area contributed by atoms with Crippen molar-refractivity contribution < 1.29 is 9.59 Å². The lowest BCUT2D eigenvalue weighted by atomic mass is 9.93. The number of nitrogens with zero attached hydrogens (tertiary/aromatic N) is 1. The fraction of sp³-hybridized carbons (Fsp3) is 0.875. The van der Waals surface area contributed by atoms with Gasteiger partial charge in [-0.2, -0.15) is 0 Å². The summed E-state index contributed by atoms with van der Waals surface area (Å²) in [7, 11) is 0. The van der Waals surface area contributed by atoms with E-state index in [0.717, 1.165) is 12.8 Å². The second kappa shape index (κ2) is 7.09. The Balaban J connectivity index is 2.75. The Hall–Kier alpha value is -1.06. The second-order valence-corrected chi connectivity index (χ2v) is 6.45. The maximum Gasteiger partial charge on any atom is 0.248 e. The number of carbonyl (C=O) groups is 2. The molecule has 1 heterocycles. The minimum atomic E-state index is -0.777. The van der Waals surface area contributed by atoms with Crippen molar-refractivity contribution in [2.24, 2.45) is 0 Å². The van der Waals surface area contributed by atoms with Crippen LogP contribution in [0.2, 0.25) is 0 Å². The van der Waals surface area contributed by atoms with Crippen LogP contribution in [0.5, 0.6) is 0 Å². The number of piperazine rings is 1. The molecule has 1 fully saturated rings. The summed E-state index contributed by atoms with van der Waals surface area (Å²) in [5.74, 6) is 0.0319. The number of hydrogen-bond donors (Lipinski definition) is 1. The van der Waals surface area contributed by atoms with Gasteiger partial charge in [-0.3, -0.25) is 9.59 Å². The average molecular weight is 282 g/mol. The zero-order valence-corrected chi connectivity index (χ0v) is 13.7. The fourth-order valence-corrected chi connectivity index (χ4v) is 2.93. The molecule has 0 saturated carbocycles. The highest BCUT2D eigenvalue weighted by Crippen LogP contribution is 2.24. The van der Waals surface area contributed by atoms with Crippen LogP contribution >= 0.6 is 0 Å². The smallest absolute Gasteiger partial charge is 0.248 e. The fourth-order valence-electron chi connectivity index (χ4n) is 2.93. The van der Waals surface area contributed by atoms with E-state index >= 15 is 0 Å². The lowest BCUT2D eigenvalue weighted by Crippen LogP contribution is -2.69. The summed E-state index contributed by atoms with van der Waals surface area (Å²) in [5.41, 5.74) is -0.777. The maximum absolute atomic E-state index is 12.6. The Kier molecular flexibility index (Phi) is 6.03. The lowest BCUT2D eigenvalue weighted by molar-refractivity contribution is -0.156. The highest BCUT2D eigenvalue weighted by atomic mass is 16.2. The standard InChI is InChI=1S/C16H30N2O2/c1-6-8-9-10-11-12(3)18-13(7-2)14(19)17-16(4,5)15(18)20/h12-13H,6-11H2,1-5H3,(H,17,19). The molecule has 2 unspecified atom stereocenters.